The lowest BCUT2D eigenvalue weighted by Gasteiger charge is -2.23. The molecule has 0 bridgehead atoms. The monoisotopic (exact) mass is 378 g/mol. The van der Waals surface area contributed by atoms with E-state index < -0.39 is 0 Å². The molecule has 1 heterocycles. The number of carbonyl (C=O) groups excluding carboxylic acids is 2. The van der Waals surface area contributed by atoms with E-state index in [2.05, 4.69) is 35.6 Å². The predicted octanol–water partition coefficient (Wildman–Crippen LogP) is 3.30. The van der Waals surface area contributed by atoms with Gasteiger partial charge < -0.3 is 10.2 Å². The first-order chi connectivity index (χ1) is 13.2. The van der Waals surface area contributed by atoms with Gasteiger partial charge in [0, 0.05) is 17.9 Å². The molecule has 27 heavy (non-hydrogen) atoms. The molecule has 5 rings (SSSR count). The van der Waals surface area contributed by atoms with E-state index >= 15 is 0 Å². The zero-order valence-corrected chi connectivity index (χ0v) is 15.9. The molecule has 3 aliphatic rings. The van der Waals surface area contributed by atoms with Crippen LogP contribution in [-0.4, -0.2) is 40.9 Å². The first-order valence-electron chi connectivity index (χ1n) is 9.58. The second kappa shape index (κ2) is 6.71. The minimum atomic E-state index is -0.355. The maximum atomic E-state index is 13.1. The van der Waals surface area contributed by atoms with Crippen molar-refractivity contribution in [2.24, 2.45) is 5.92 Å². The average molecular weight is 378 g/mol. The van der Waals surface area contributed by atoms with Crippen molar-refractivity contribution in [1.29, 1.82) is 0 Å². The third-order valence-corrected chi connectivity index (χ3v) is 6.76. The number of amides is 2. The summed E-state index contributed by atoms with van der Waals surface area (Å²) in [6, 6.07) is 14.0. The Balaban J connectivity index is 1.34. The fourth-order valence-corrected chi connectivity index (χ4v) is 5.14. The maximum Gasteiger partial charge on any atom is 0.255 e. The minimum absolute atomic E-state index is 0.00573. The minimum Gasteiger partial charge on any atom is -0.354 e. The van der Waals surface area contributed by atoms with Crippen molar-refractivity contribution in [3.8, 4) is 11.1 Å². The van der Waals surface area contributed by atoms with Crippen LogP contribution < -0.4 is 5.32 Å². The molecule has 2 fully saturated rings. The fraction of sp³-hybridized carbons (Fsp3) is 0.364. The predicted molar refractivity (Wildman–Crippen MR) is 108 cm³/mol. The van der Waals surface area contributed by atoms with E-state index in [1.807, 2.05) is 12.1 Å². The summed E-state index contributed by atoms with van der Waals surface area (Å²) in [5.41, 5.74) is 5.68. The molecule has 1 N–H and O–H groups in total. The summed E-state index contributed by atoms with van der Waals surface area (Å²) in [4.78, 5) is 27.4. The number of nitrogens with one attached hydrogen (secondary N) is 1. The Morgan fingerprint density at radius 3 is 2.74 bits per heavy atom. The van der Waals surface area contributed by atoms with Gasteiger partial charge in [-0.05, 0) is 59.6 Å². The molecule has 138 valence electrons. The third-order valence-electron chi connectivity index (χ3n) is 5.75. The first kappa shape index (κ1) is 16.9. The highest BCUT2D eigenvalue weighted by Crippen LogP contribution is 2.37. The number of thioether (sulfide) groups is 1. The topological polar surface area (TPSA) is 49.4 Å². The van der Waals surface area contributed by atoms with Gasteiger partial charge in [0.25, 0.3) is 5.91 Å². The van der Waals surface area contributed by atoms with Crippen LogP contribution in [0.3, 0.4) is 0 Å². The quantitative estimate of drug-likeness (QED) is 0.758. The van der Waals surface area contributed by atoms with Gasteiger partial charge >= 0.3 is 0 Å². The molecular formula is C22H22N2O2S. The largest absolute Gasteiger partial charge is 0.354 e. The standard InChI is InChI=1S/C22H22N2O2S/c25-21(23-11-14-5-6-14)20-12-27-13-24(20)22(26)16-7-8-19-17(10-16)9-15-3-1-2-4-18(15)19/h1-4,7-8,10,14,20H,5-6,9,11-13H2,(H,23,25)/t20-/m0/s1. The second-order valence-corrected chi connectivity index (χ2v) is 8.68. The van der Waals surface area contributed by atoms with Crippen molar-refractivity contribution in [2.75, 3.05) is 18.2 Å². The Morgan fingerprint density at radius 2 is 1.89 bits per heavy atom. The van der Waals surface area contributed by atoms with E-state index in [9.17, 15) is 9.59 Å². The lowest BCUT2D eigenvalue weighted by Crippen LogP contribution is -2.47. The molecule has 5 heteroatoms. The van der Waals surface area contributed by atoms with Crippen LogP contribution in [0.5, 0.6) is 0 Å². The smallest absolute Gasteiger partial charge is 0.255 e. The lowest BCUT2D eigenvalue weighted by molar-refractivity contribution is -0.124. The highest BCUT2D eigenvalue weighted by Gasteiger charge is 2.36. The number of hydrogen-bond donors (Lipinski definition) is 1. The van der Waals surface area contributed by atoms with Gasteiger partial charge in [0.1, 0.15) is 6.04 Å². The first-order valence-corrected chi connectivity index (χ1v) is 10.7. The van der Waals surface area contributed by atoms with Crippen LogP contribution in [0.25, 0.3) is 11.1 Å². The van der Waals surface area contributed by atoms with Gasteiger partial charge in [-0.15, -0.1) is 11.8 Å². The Bertz CT molecular complexity index is 922. The summed E-state index contributed by atoms with van der Waals surface area (Å²) in [6.07, 6.45) is 3.28. The molecule has 0 aromatic heterocycles. The third kappa shape index (κ3) is 3.14. The fourth-order valence-electron chi connectivity index (χ4n) is 3.99. The van der Waals surface area contributed by atoms with Gasteiger partial charge in [0.05, 0.1) is 5.88 Å². The Hall–Kier alpha value is -2.27. The molecule has 1 atom stereocenters. The van der Waals surface area contributed by atoms with Gasteiger partial charge in [-0.25, -0.2) is 0 Å². The number of nitrogens with zero attached hydrogens (tertiary/aromatic N) is 1. The van der Waals surface area contributed by atoms with Gasteiger partial charge in [0.2, 0.25) is 5.91 Å². The summed E-state index contributed by atoms with van der Waals surface area (Å²) in [5, 5.41) is 3.03. The molecule has 2 aromatic carbocycles. The Morgan fingerprint density at radius 1 is 1.07 bits per heavy atom. The Kier molecular flexibility index (Phi) is 4.20. The van der Waals surface area contributed by atoms with Crippen molar-refractivity contribution >= 4 is 23.6 Å². The van der Waals surface area contributed by atoms with Crippen LogP contribution >= 0.6 is 11.8 Å². The van der Waals surface area contributed by atoms with Crippen molar-refractivity contribution < 1.29 is 9.59 Å². The summed E-state index contributed by atoms with van der Waals surface area (Å²) in [6.45, 7) is 0.749. The molecule has 1 saturated heterocycles. The van der Waals surface area contributed by atoms with Crippen molar-refractivity contribution in [3.05, 3.63) is 59.2 Å². The van der Waals surface area contributed by atoms with E-state index in [-0.39, 0.29) is 17.9 Å². The number of benzene rings is 2. The van der Waals surface area contributed by atoms with Crippen LogP contribution in [-0.2, 0) is 11.2 Å². The van der Waals surface area contributed by atoms with E-state index in [0.717, 1.165) is 13.0 Å². The van der Waals surface area contributed by atoms with E-state index in [4.69, 9.17) is 0 Å². The van der Waals surface area contributed by atoms with Crippen LogP contribution in [0.4, 0.5) is 0 Å². The number of hydrogen-bond acceptors (Lipinski definition) is 3. The Labute approximate surface area is 163 Å². The van der Waals surface area contributed by atoms with E-state index in [1.54, 1.807) is 16.7 Å². The molecule has 4 nitrogen and oxygen atoms in total. The van der Waals surface area contributed by atoms with Crippen molar-refractivity contribution in [1.82, 2.24) is 10.2 Å². The number of fused-ring (bicyclic) bond motifs is 3. The summed E-state index contributed by atoms with van der Waals surface area (Å²) in [7, 11) is 0. The molecule has 0 radical (unpaired) electrons. The van der Waals surface area contributed by atoms with Crippen LogP contribution in [0.2, 0.25) is 0 Å². The summed E-state index contributed by atoms with van der Waals surface area (Å²) >= 11 is 1.65. The highest BCUT2D eigenvalue weighted by atomic mass is 32.2. The molecule has 2 aliphatic carbocycles. The van der Waals surface area contributed by atoms with Gasteiger partial charge in [-0.2, -0.15) is 0 Å². The zero-order chi connectivity index (χ0) is 18.4. The molecule has 1 saturated carbocycles. The SMILES string of the molecule is O=C(NCC1CC1)[C@@H]1CSCN1C(=O)c1ccc2c(c1)Cc1ccccc1-2. The van der Waals surface area contributed by atoms with Crippen molar-refractivity contribution in [3.63, 3.8) is 0 Å². The number of rotatable bonds is 4. The molecule has 2 amide bonds. The summed E-state index contributed by atoms with van der Waals surface area (Å²) in [5.74, 6) is 1.86. The number of carbonyl (C=O) groups is 2. The normalized spacial score (nSPS) is 20.3. The average Bonchev–Trinajstić information content (AvgIpc) is 3.26. The molecule has 1 aliphatic heterocycles. The molecular weight excluding hydrogens is 356 g/mol. The van der Waals surface area contributed by atoms with Gasteiger partial charge in [0.15, 0.2) is 0 Å². The summed E-state index contributed by atoms with van der Waals surface area (Å²) < 4.78 is 0. The molecule has 0 spiro atoms. The van der Waals surface area contributed by atoms with Crippen molar-refractivity contribution in [2.45, 2.75) is 25.3 Å². The molecule has 0 unspecified atom stereocenters. The van der Waals surface area contributed by atoms with E-state index in [0.29, 0.717) is 23.1 Å². The second-order valence-electron chi connectivity index (χ2n) is 7.69. The van der Waals surface area contributed by atoms with Crippen LogP contribution in [0.1, 0.15) is 34.3 Å². The van der Waals surface area contributed by atoms with Gasteiger partial charge in [-0.3, -0.25) is 9.59 Å². The van der Waals surface area contributed by atoms with Gasteiger partial charge in [-0.1, -0.05) is 30.3 Å². The molecule has 2 aromatic rings. The highest BCUT2D eigenvalue weighted by molar-refractivity contribution is 7.99. The van der Waals surface area contributed by atoms with Crippen LogP contribution in [0, 0.1) is 5.92 Å². The lowest BCUT2D eigenvalue weighted by atomic mass is 10.0. The van der Waals surface area contributed by atoms with Crippen LogP contribution in [0.15, 0.2) is 42.5 Å². The maximum absolute atomic E-state index is 13.1. The van der Waals surface area contributed by atoms with E-state index in [1.165, 1.54) is 35.1 Å². The zero-order valence-electron chi connectivity index (χ0n) is 15.1.